The standard InChI is InChI=1S/C46H27N3O2S/c1-4-13-41-32(8-1)38-26-47-24-36(44(38)50-41)28-16-20-30(21-17-28)49(40-12-7-11-35-34-10-3-6-15-43(34)52-46(35)40)31-22-18-29(19-23-31)37-25-48-27-39-33-9-2-5-14-42(33)51-45(37)39/h1-27H. The molecule has 0 spiro atoms. The molecule has 0 radical (unpaired) electrons. The van der Waals surface area contributed by atoms with Gasteiger partial charge in [-0.05, 0) is 59.7 Å². The van der Waals surface area contributed by atoms with Crippen molar-refractivity contribution in [2.45, 2.75) is 0 Å². The zero-order chi connectivity index (χ0) is 34.2. The van der Waals surface area contributed by atoms with E-state index in [9.17, 15) is 0 Å². The van der Waals surface area contributed by atoms with Crippen molar-refractivity contribution in [3.05, 3.63) is 164 Å². The number of anilines is 3. The Labute approximate surface area is 301 Å². The Morgan fingerprint density at radius 2 is 0.923 bits per heavy atom. The molecule has 0 saturated carbocycles. The van der Waals surface area contributed by atoms with Gasteiger partial charge >= 0.3 is 0 Å². The molecule has 0 aliphatic heterocycles. The van der Waals surface area contributed by atoms with E-state index in [2.05, 4.69) is 118 Å². The fourth-order valence-electron chi connectivity index (χ4n) is 7.60. The van der Waals surface area contributed by atoms with E-state index in [0.717, 1.165) is 83.2 Å². The van der Waals surface area contributed by atoms with Gasteiger partial charge in [0.1, 0.15) is 22.3 Å². The molecule has 11 rings (SSSR count). The Bertz CT molecular complexity index is 2980. The van der Waals surface area contributed by atoms with Crippen LogP contribution in [0.25, 0.3) is 86.3 Å². The highest BCUT2D eigenvalue weighted by Gasteiger charge is 2.20. The minimum atomic E-state index is 0.848. The summed E-state index contributed by atoms with van der Waals surface area (Å²) in [6.07, 6.45) is 7.57. The lowest BCUT2D eigenvalue weighted by molar-refractivity contribution is 0.669. The average molecular weight is 686 g/mol. The first kappa shape index (κ1) is 29.0. The van der Waals surface area contributed by atoms with E-state index >= 15 is 0 Å². The van der Waals surface area contributed by atoms with E-state index in [0.29, 0.717) is 0 Å². The number of furan rings is 2. The minimum absolute atomic E-state index is 0.848. The molecule has 6 heteroatoms. The van der Waals surface area contributed by atoms with Gasteiger partial charge in [-0.2, -0.15) is 0 Å². The van der Waals surface area contributed by atoms with Crippen molar-refractivity contribution >= 4 is 92.4 Å². The molecular formula is C46H27N3O2S. The number of aromatic nitrogens is 2. The van der Waals surface area contributed by atoms with Crippen LogP contribution in [-0.4, -0.2) is 9.97 Å². The first-order valence-electron chi connectivity index (χ1n) is 17.2. The molecule has 0 amide bonds. The number of benzene rings is 6. The van der Waals surface area contributed by atoms with Crippen LogP contribution in [0.2, 0.25) is 0 Å². The van der Waals surface area contributed by atoms with Gasteiger partial charge in [-0.3, -0.25) is 9.97 Å². The number of hydrogen-bond donors (Lipinski definition) is 0. The lowest BCUT2D eigenvalue weighted by atomic mass is 10.0. The van der Waals surface area contributed by atoms with Crippen LogP contribution in [0, 0.1) is 0 Å². The highest BCUT2D eigenvalue weighted by atomic mass is 32.1. The van der Waals surface area contributed by atoms with Crippen molar-refractivity contribution in [2.75, 3.05) is 4.90 Å². The predicted octanol–water partition coefficient (Wildman–Crippen LogP) is 13.4. The molecule has 52 heavy (non-hydrogen) atoms. The van der Waals surface area contributed by atoms with Gasteiger partial charge in [0.2, 0.25) is 0 Å². The molecule has 0 N–H and O–H groups in total. The lowest BCUT2D eigenvalue weighted by Crippen LogP contribution is -2.10. The third-order valence-corrected chi connectivity index (χ3v) is 11.3. The summed E-state index contributed by atoms with van der Waals surface area (Å²) in [5.74, 6) is 0. The van der Waals surface area contributed by atoms with E-state index in [1.807, 2.05) is 72.5 Å². The summed E-state index contributed by atoms with van der Waals surface area (Å²) in [6.45, 7) is 0. The van der Waals surface area contributed by atoms with Crippen LogP contribution < -0.4 is 4.90 Å². The van der Waals surface area contributed by atoms with Crippen LogP contribution in [0.15, 0.2) is 173 Å². The van der Waals surface area contributed by atoms with Gasteiger partial charge < -0.3 is 13.7 Å². The maximum Gasteiger partial charge on any atom is 0.146 e. The summed E-state index contributed by atoms with van der Waals surface area (Å²) < 4.78 is 15.2. The van der Waals surface area contributed by atoms with Crippen molar-refractivity contribution in [3.8, 4) is 22.3 Å². The summed E-state index contributed by atoms with van der Waals surface area (Å²) in [4.78, 5) is 11.6. The van der Waals surface area contributed by atoms with Crippen molar-refractivity contribution in [3.63, 3.8) is 0 Å². The largest absolute Gasteiger partial charge is 0.455 e. The number of para-hydroxylation sites is 2. The molecule has 11 aromatic rings. The van der Waals surface area contributed by atoms with E-state index in [1.54, 1.807) is 0 Å². The average Bonchev–Trinajstić information content (AvgIpc) is 3.90. The minimum Gasteiger partial charge on any atom is -0.455 e. The van der Waals surface area contributed by atoms with Crippen LogP contribution in [0.4, 0.5) is 17.1 Å². The van der Waals surface area contributed by atoms with Gasteiger partial charge in [-0.25, -0.2) is 0 Å². The summed E-state index contributed by atoms with van der Waals surface area (Å²) in [5, 5.41) is 6.70. The lowest BCUT2D eigenvalue weighted by Gasteiger charge is -2.26. The van der Waals surface area contributed by atoms with E-state index in [4.69, 9.17) is 8.83 Å². The van der Waals surface area contributed by atoms with Crippen molar-refractivity contribution in [1.82, 2.24) is 9.97 Å². The number of fused-ring (bicyclic) bond motifs is 9. The maximum atomic E-state index is 6.36. The third-order valence-electron chi connectivity index (χ3n) is 10.1. The molecule has 244 valence electrons. The highest BCUT2D eigenvalue weighted by Crippen LogP contribution is 2.46. The monoisotopic (exact) mass is 685 g/mol. The summed E-state index contributed by atoms with van der Waals surface area (Å²) in [7, 11) is 0. The summed E-state index contributed by atoms with van der Waals surface area (Å²) >= 11 is 1.83. The van der Waals surface area contributed by atoms with Gasteiger partial charge in [0, 0.05) is 84.3 Å². The van der Waals surface area contributed by atoms with Crippen molar-refractivity contribution in [2.24, 2.45) is 0 Å². The second kappa shape index (κ2) is 11.4. The van der Waals surface area contributed by atoms with Crippen LogP contribution in [0.1, 0.15) is 0 Å². The Kier molecular flexibility index (Phi) is 6.35. The summed E-state index contributed by atoms with van der Waals surface area (Å²) in [6, 6.07) is 48.9. The second-order valence-electron chi connectivity index (χ2n) is 13.0. The smallest absolute Gasteiger partial charge is 0.146 e. The second-order valence-corrected chi connectivity index (χ2v) is 14.1. The third kappa shape index (κ3) is 4.41. The molecule has 0 unspecified atom stereocenters. The quantitative estimate of drug-likeness (QED) is 0.180. The molecule has 0 aliphatic rings. The van der Waals surface area contributed by atoms with Crippen molar-refractivity contribution < 1.29 is 8.83 Å². The van der Waals surface area contributed by atoms with Crippen LogP contribution >= 0.6 is 11.3 Å². The van der Waals surface area contributed by atoms with Crippen LogP contribution in [0.3, 0.4) is 0 Å². The van der Waals surface area contributed by atoms with Crippen LogP contribution in [-0.2, 0) is 0 Å². The number of rotatable bonds is 5. The van der Waals surface area contributed by atoms with Gasteiger partial charge in [0.25, 0.3) is 0 Å². The molecular weight excluding hydrogens is 659 g/mol. The summed E-state index contributed by atoms with van der Waals surface area (Å²) in [5.41, 5.74) is 10.7. The topological polar surface area (TPSA) is 55.3 Å². The maximum absolute atomic E-state index is 6.36. The van der Waals surface area contributed by atoms with E-state index in [1.165, 1.54) is 20.2 Å². The fraction of sp³-hybridized carbons (Fsp3) is 0. The Morgan fingerprint density at radius 3 is 1.50 bits per heavy atom. The first-order chi connectivity index (χ1) is 25.8. The highest BCUT2D eigenvalue weighted by molar-refractivity contribution is 7.26. The molecule has 5 nitrogen and oxygen atoms in total. The molecule has 0 aliphatic carbocycles. The van der Waals surface area contributed by atoms with Crippen LogP contribution in [0.5, 0.6) is 0 Å². The Morgan fingerprint density at radius 1 is 0.423 bits per heavy atom. The zero-order valence-corrected chi connectivity index (χ0v) is 28.5. The van der Waals surface area contributed by atoms with E-state index < -0.39 is 0 Å². The SMILES string of the molecule is c1ccc2c(c1)oc1c(-c3ccc(N(c4ccc(-c5cncc6c5oc5ccccc56)cc4)c4cccc5c4sc4ccccc45)cc3)cncc12. The molecule has 0 fully saturated rings. The van der Waals surface area contributed by atoms with Gasteiger partial charge in [-0.15, -0.1) is 11.3 Å². The molecule has 6 aromatic carbocycles. The van der Waals surface area contributed by atoms with Gasteiger partial charge in [0.15, 0.2) is 0 Å². The van der Waals surface area contributed by atoms with Gasteiger partial charge in [-0.1, -0.05) is 91.0 Å². The molecule has 0 bridgehead atoms. The number of nitrogens with zero attached hydrogens (tertiary/aromatic N) is 3. The molecule has 5 heterocycles. The number of thiophene rings is 1. The fourth-order valence-corrected chi connectivity index (χ4v) is 8.81. The zero-order valence-electron chi connectivity index (χ0n) is 27.7. The molecule has 0 saturated heterocycles. The normalized spacial score (nSPS) is 11.8. The Balaban J connectivity index is 1.06. The first-order valence-corrected chi connectivity index (χ1v) is 18.0. The van der Waals surface area contributed by atoms with Gasteiger partial charge in [0.05, 0.1) is 10.4 Å². The number of pyridine rings is 2. The molecule has 5 aromatic heterocycles. The van der Waals surface area contributed by atoms with E-state index in [-0.39, 0.29) is 0 Å². The number of hydrogen-bond acceptors (Lipinski definition) is 6. The molecule has 0 atom stereocenters. The van der Waals surface area contributed by atoms with Crippen molar-refractivity contribution in [1.29, 1.82) is 0 Å². The Hall–Kier alpha value is -6.76. The predicted molar refractivity (Wildman–Crippen MR) is 215 cm³/mol.